The van der Waals surface area contributed by atoms with Gasteiger partial charge < -0.3 is 19.9 Å². The lowest BCUT2D eigenvalue weighted by Gasteiger charge is -2.24. The molecular weight excluding hydrogens is 491 g/mol. The number of hydrogen-bond acceptors (Lipinski definition) is 6. The summed E-state index contributed by atoms with van der Waals surface area (Å²) in [5, 5.41) is 7.90. The molecule has 0 saturated carbocycles. The van der Waals surface area contributed by atoms with Gasteiger partial charge in [0.2, 0.25) is 11.8 Å². The summed E-state index contributed by atoms with van der Waals surface area (Å²) in [6.07, 6.45) is 1.95. The number of carbonyl (C=O) groups excluding carboxylic acids is 2. The van der Waals surface area contributed by atoms with Crippen LogP contribution in [0.15, 0.2) is 42.7 Å². The fourth-order valence-corrected chi connectivity index (χ4v) is 4.16. The molecule has 1 aromatic heterocycles. The van der Waals surface area contributed by atoms with Crippen LogP contribution in [-0.2, 0) is 9.59 Å². The molecule has 3 aromatic rings. The van der Waals surface area contributed by atoms with Gasteiger partial charge in [-0.15, -0.1) is 0 Å². The van der Waals surface area contributed by atoms with Gasteiger partial charge in [0.1, 0.15) is 23.6 Å². The molecule has 0 unspecified atom stereocenters. The highest BCUT2D eigenvalue weighted by atomic mass is 35.5. The second kappa shape index (κ2) is 11.0. The summed E-state index contributed by atoms with van der Waals surface area (Å²) >= 11 is 11.9. The largest absolute Gasteiger partial charge is 0.492 e. The van der Waals surface area contributed by atoms with E-state index in [9.17, 15) is 9.59 Å². The van der Waals surface area contributed by atoms with Crippen molar-refractivity contribution in [2.24, 2.45) is 0 Å². The highest BCUT2D eigenvalue weighted by molar-refractivity contribution is 6.42. The molecule has 1 N–H and O–H groups in total. The molecule has 9 nitrogen and oxygen atoms in total. The summed E-state index contributed by atoms with van der Waals surface area (Å²) in [4.78, 5) is 33.2. The van der Waals surface area contributed by atoms with Crippen molar-refractivity contribution in [2.75, 3.05) is 43.0 Å². The molecule has 0 bridgehead atoms. The molecule has 4 rings (SSSR count). The Morgan fingerprint density at radius 3 is 2.66 bits per heavy atom. The number of hydrogen-bond donors (Lipinski definition) is 1. The lowest BCUT2D eigenvalue weighted by atomic mass is 10.2. The lowest BCUT2D eigenvalue weighted by Crippen LogP contribution is -2.39. The van der Waals surface area contributed by atoms with Crippen LogP contribution in [0, 0.1) is 6.92 Å². The molecule has 1 fully saturated rings. The monoisotopic (exact) mass is 516 g/mol. The quantitative estimate of drug-likeness (QED) is 0.510. The van der Waals surface area contributed by atoms with Gasteiger partial charge in [-0.3, -0.25) is 9.59 Å². The van der Waals surface area contributed by atoms with Crippen molar-refractivity contribution >= 4 is 46.4 Å². The summed E-state index contributed by atoms with van der Waals surface area (Å²) in [7, 11) is 0. The SMILES string of the molecule is CCOc1cc(N2CCC(=O)N(CC(=O)Nc3ccc(Cl)c(Cl)c3)CC2)ccc1-n1cnc(C)n1. The molecule has 2 amide bonds. The second-order valence-corrected chi connectivity index (χ2v) is 8.87. The first-order chi connectivity index (χ1) is 16.8. The van der Waals surface area contributed by atoms with E-state index >= 15 is 0 Å². The van der Waals surface area contributed by atoms with Crippen molar-refractivity contribution in [3.8, 4) is 11.4 Å². The van der Waals surface area contributed by atoms with E-state index in [2.05, 4.69) is 20.3 Å². The van der Waals surface area contributed by atoms with Gasteiger partial charge in [0.25, 0.3) is 0 Å². The van der Waals surface area contributed by atoms with Crippen LogP contribution < -0.4 is 15.0 Å². The van der Waals surface area contributed by atoms with Crippen LogP contribution in [-0.4, -0.2) is 64.3 Å². The number of ether oxygens (including phenoxy) is 1. The maximum Gasteiger partial charge on any atom is 0.243 e. The summed E-state index contributed by atoms with van der Waals surface area (Å²) in [6, 6.07) is 10.7. The molecule has 2 aromatic carbocycles. The fraction of sp³-hybridized carbons (Fsp3) is 0.333. The number of benzene rings is 2. The standard InChI is InChI=1S/C24H26Cl2N6O3/c1-3-35-22-13-18(5-7-21(22)32-15-27-16(2)29-32)30-9-8-24(34)31(11-10-30)14-23(33)28-17-4-6-19(25)20(26)12-17/h4-7,12-13,15H,3,8-11,14H2,1-2H3,(H,28,33). The Morgan fingerprint density at radius 2 is 1.94 bits per heavy atom. The topological polar surface area (TPSA) is 92.6 Å². The van der Waals surface area contributed by atoms with Crippen molar-refractivity contribution in [1.82, 2.24) is 19.7 Å². The molecule has 35 heavy (non-hydrogen) atoms. The average Bonchev–Trinajstić information content (AvgIpc) is 3.18. The molecule has 0 aliphatic carbocycles. The van der Waals surface area contributed by atoms with E-state index in [1.165, 1.54) is 0 Å². The van der Waals surface area contributed by atoms with E-state index < -0.39 is 0 Å². The third-order valence-electron chi connectivity index (χ3n) is 5.59. The number of anilines is 2. The van der Waals surface area contributed by atoms with Crippen LogP contribution in [0.1, 0.15) is 19.2 Å². The minimum absolute atomic E-state index is 0.0400. The van der Waals surface area contributed by atoms with E-state index in [0.29, 0.717) is 60.0 Å². The van der Waals surface area contributed by atoms with Crippen LogP contribution in [0.3, 0.4) is 0 Å². The highest BCUT2D eigenvalue weighted by Gasteiger charge is 2.24. The zero-order chi connectivity index (χ0) is 24.9. The van der Waals surface area contributed by atoms with Crippen LogP contribution in [0.5, 0.6) is 5.75 Å². The summed E-state index contributed by atoms with van der Waals surface area (Å²) < 4.78 is 7.55. The highest BCUT2D eigenvalue weighted by Crippen LogP contribution is 2.29. The van der Waals surface area contributed by atoms with E-state index in [0.717, 1.165) is 11.4 Å². The van der Waals surface area contributed by atoms with Gasteiger partial charge in [0.05, 0.1) is 23.2 Å². The maximum atomic E-state index is 12.7. The lowest BCUT2D eigenvalue weighted by molar-refractivity contribution is -0.133. The molecule has 1 saturated heterocycles. The summed E-state index contributed by atoms with van der Waals surface area (Å²) in [6.45, 7) is 5.76. The molecule has 0 atom stereocenters. The van der Waals surface area contributed by atoms with Crippen LogP contribution in [0.4, 0.5) is 11.4 Å². The van der Waals surface area contributed by atoms with Gasteiger partial charge in [-0.05, 0) is 44.2 Å². The van der Waals surface area contributed by atoms with Gasteiger partial charge >= 0.3 is 0 Å². The first kappa shape index (κ1) is 24.8. The van der Waals surface area contributed by atoms with Crippen molar-refractivity contribution < 1.29 is 14.3 Å². The Kier molecular flexibility index (Phi) is 7.77. The Labute approximate surface area is 213 Å². The van der Waals surface area contributed by atoms with Gasteiger partial charge in [0, 0.05) is 43.5 Å². The normalized spacial score (nSPS) is 14.1. The fourth-order valence-electron chi connectivity index (χ4n) is 3.86. The number of nitrogens with zero attached hydrogens (tertiary/aromatic N) is 5. The first-order valence-corrected chi connectivity index (χ1v) is 12.0. The molecule has 0 radical (unpaired) electrons. The number of halogens is 2. The van der Waals surface area contributed by atoms with Gasteiger partial charge in [-0.1, -0.05) is 23.2 Å². The van der Waals surface area contributed by atoms with Crippen molar-refractivity contribution in [3.63, 3.8) is 0 Å². The van der Waals surface area contributed by atoms with Crippen molar-refractivity contribution in [3.05, 3.63) is 58.6 Å². The van der Waals surface area contributed by atoms with Crippen LogP contribution in [0.2, 0.25) is 10.0 Å². The number of nitrogens with one attached hydrogen (secondary N) is 1. The molecule has 0 spiro atoms. The third kappa shape index (κ3) is 6.04. The van der Waals surface area contributed by atoms with Crippen molar-refractivity contribution in [1.29, 1.82) is 0 Å². The van der Waals surface area contributed by atoms with E-state index in [-0.39, 0.29) is 18.4 Å². The van der Waals surface area contributed by atoms with E-state index in [4.69, 9.17) is 27.9 Å². The molecule has 1 aliphatic rings. The number of rotatable bonds is 7. The zero-order valence-electron chi connectivity index (χ0n) is 19.5. The molecule has 1 aliphatic heterocycles. The summed E-state index contributed by atoms with van der Waals surface area (Å²) in [5.74, 6) is 0.988. The Morgan fingerprint density at radius 1 is 1.11 bits per heavy atom. The first-order valence-electron chi connectivity index (χ1n) is 11.3. The Hall–Kier alpha value is -3.30. The van der Waals surface area contributed by atoms with Crippen molar-refractivity contribution in [2.45, 2.75) is 20.3 Å². The van der Waals surface area contributed by atoms with Gasteiger partial charge in [-0.2, -0.15) is 5.10 Å². The minimum atomic E-state index is -0.295. The zero-order valence-corrected chi connectivity index (χ0v) is 21.0. The second-order valence-electron chi connectivity index (χ2n) is 8.05. The molecule has 184 valence electrons. The minimum Gasteiger partial charge on any atom is -0.492 e. The predicted octanol–water partition coefficient (Wildman–Crippen LogP) is 3.96. The number of aryl methyl sites for hydroxylation is 1. The number of carbonyl (C=O) groups is 2. The van der Waals surface area contributed by atoms with Crippen LogP contribution >= 0.6 is 23.2 Å². The molecule has 11 heteroatoms. The van der Waals surface area contributed by atoms with Crippen LogP contribution in [0.25, 0.3) is 5.69 Å². The molecular formula is C24H26Cl2N6O3. The van der Waals surface area contributed by atoms with Gasteiger partial charge in [-0.25, -0.2) is 9.67 Å². The predicted molar refractivity (Wildman–Crippen MR) is 136 cm³/mol. The Balaban J connectivity index is 1.43. The maximum absolute atomic E-state index is 12.7. The number of amides is 2. The molecule has 2 heterocycles. The van der Waals surface area contributed by atoms with E-state index in [1.54, 1.807) is 34.1 Å². The number of aromatic nitrogens is 3. The Bertz CT molecular complexity index is 1230. The smallest absolute Gasteiger partial charge is 0.243 e. The average molecular weight is 517 g/mol. The third-order valence-corrected chi connectivity index (χ3v) is 6.33. The summed E-state index contributed by atoms with van der Waals surface area (Å²) in [5.41, 5.74) is 2.26. The van der Waals surface area contributed by atoms with Gasteiger partial charge in [0.15, 0.2) is 0 Å². The van der Waals surface area contributed by atoms with E-state index in [1.807, 2.05) is 32.0 Å².